The van der Waals surface area contributed by atoms with Crippen molar-refractivity contribution >= 4 is 5.82 Å². The molecule has 0 unspecified atom stereocenters. The Bertz CT molecular complexity index is 424. The van der Waals surface area contributed by atoms with Gasteiger partial charge in [0.15, 0.2) is 6.29 Å². The van der Waals surface area contributed by atoms with Crippen molar-refractivity contribution in [1.29, 1.82) is 0 Å². The molecular weight excluding hydrogens is 222 g/mol. The average molecular weight is 239 g/mol. The largest absolute Gasteiger partial charge is 0.365 e. The van der Waals surface area contributed by atoms with Crippen molar-refractivity contribution in [2.45, 2.75) is 25.0 Å². The lowest BCUT2D eigenvalue weighted by molar-refractivity contribution is -0.0914. The standard InChI is InChI=1S/C11H17N3O3/c1-16-10(17-2)6-12-8-5-9(15)14-11(13-8)7-3-4-7/h5,7,10H,3-4,6H2,1-2H3,(H2,12,13,14,15). The Morgan fingerprint density at radius 1 is 1.53 bits per heavy atom. The van der Waals surface area contributed by atoms with Gasteiger partial charge in [-0.2, -0.15) is 0 Å². The molecular formula is C11H17N3O3. The number of hydrogen-bond donors (Lipinski definition) is 2. The van der Waals surface area contributed by atoms with Crippen molar-refractivity contribution in [2.75, 3.05) is 26.1 Å². The first kappa shape index (κ1) is 12.1. The Balaban J connectivity index is 2.02. The topological polar surface area (TPSA) is 76.2 Å². The highest BCUT2D eigenvalue weighted by molar-refractivity contribution is 5.33. The highest BCUT2D eigenvalue weighted by Gasteiger charge is 2.26. The van der Waals surface area contributed by atoms with Crippen molar-refractivity contribution in [3.05, 3.63) is 22.2 Å². The van der Waals surface area contributed by atoms with Gasteiger partial charge in [0.1, 0.15) is 11.6 Å². The van der Waals surface area contributed by atoms with E-state index < -0.39 is 0 Å². The van der Waals surface area contributed by atoms with Crippen LogP contribution >= 0.6 is 0 Å². The van der Waals surface area contributed by atoms with Gasteiger partial charge in [-0.3, -0.25) is 4.79 Å². The number of nitrogens with zero attached hydrogens (tertiary/aromatic N) is 1. The molecule has 6 nitrogen and oxygen atoms in total. The first-order chi connectivity index (χ1) is 8.22. The van der Waals surface area contributed by atoms with Gasteiger partial charge in [0.05, 0.1) is 6.54 Å². The quantitative estimate of drug-likeness (QED) is 0.714. The molecule has 0 atom stereocenters. The Labute approximate surface area is 99.4 Å². The zero-order valence-electron chi connectivity index (χ0n) is 10.0. The number of H-pyrrole nitrogens is 1. The van der Waals surface area contributed by atoms with Crippen molar-refractivity contribution in [1.82, 2.24) is 9.97 Å². The molecule has 1 aromatic rings. The molecule has 0 aromatic carbocycles. The highest BCUT2D eigenvalue weighted by Crippen LogP contribution is 2.37. The number of aromatic amines is 1. The first-order valence-electron chi connectivity index (χ1n) is 5.63. The molecule has 94 valence electrons. The number of methoxy groups -OCH3 is 2. The van der Waals surface area contributed by atoms with Crippen LogP contribution in [-0.2, 0) is 9.47 Å². The fourth-order valence-corrected chi connectivity index (χ4v) is 1.57. The van der Waals surface area contributed by atoms with Crippen LogP contribution in [0.3, 0.4) is 0 Å². The molecule has 17 heavy (non-hydrogen) atoms. The summed E-state index contributed by atoms with van der Waals surface area (Å²) in [6, 6.07) is 1.44. The normalized spacial score (nSPS) is 15.2. The molecule has 0 spiro atoms. The lowest BCUT2D eigenvalue weighted by Gasteiger charge is -2.14. The number of aromatic nitrogens is 2. The third-order valence-corrected chi connectivity index (χ3v) is 2.70. The van der Waals surface area contributed by atoms with Gasteiger partial charge in [-0.05, 0) is 12.8 Å². The summed E-state index contributed by atoms with van der Waals surface area (Å²) in [4.78, 5) is 18.5. The highest BCUT2D eigenvalue weighted by atomic mass is 16.7. The van der Waals surface area contributed by atoms with Crippen LogP contribution in [0, 0.1) is 0 Å². The van der Waals surface area contributed by atoms with Crippen LogP contribution < -0.4 is 10.9 Å². The number of ether oxygens (including phenoxy) is 2. The van der Waals surface area contributed by atoms with E-state index in [1.807, 2.05) is 0 Å². The van der Waals surface area contributed by atoms with Crippen molar-refractivity contribution < 1.29 is 9.47 Å². The summed E-state index contributed by atoms with van der Waals surface area (Å²) in [5.41, 5.74) is -0.129. The number of nitrogens with one attached hydrogen (secondary N) is 2. The lowest BCUT2D eigenvalue weighted by atomic mass is 10.4. The van der Waals surface area contributed by atoms with E-state index in [2.05, 4.69) is 15.3 Å². The fourth-order valence-electron chi connectivity index (χ4n) is 1.57. The molecule has 1 aliphatic carbocycles. The number of rotatable bonds is 6. The minimum absolute atomic E-state index is 0.129. The molecule has 1 aliphatic rings. The van der Waals surface area contributed by atoms with E-state index >= 15 is 0 Å². The maximum absolute atomic E-state index is 11.4. The minimum atomic E-state index is -0.347. The molecule has 1 saturated carbocycles. The van der Waals surface area contributed by atoms with Crippen LogP contribution in [0.5, 0.6) is 0 Å². The second-order valence-electron chi connectivity index (χ2n) is 4.07. The predicted octanol–water partition coefficient (Wildman–Crippen LogP) is 0.678. The Kier molecular flexibility index (Phi) is 3.75. The minimum Gasteiger partial charge on any atom is -0.365 e. The summed E-state index contributed by atoms with van der Waals surface area (Å²) in [5.74, 6) is 1.76. The maximum atomic E-state index is 11.4. The second-order valence-corrected chi connectivity index (χ2v) is 4.07. The van der Waals surface area contributed by atoms with Gasteiger partial charge in [0.25, 0.3) is 5.56 Å². The van der Waals surface area contributed by atoms with Gasteiger partial charge in [0, 0.05) is 26.2 Å². The second kappa shape index (κ2) is 5.29. The first-order valence-corrected chi connectivity index (χ1v) is 5.63. The van der Waals surface area contributed by atoms with Gasteiger partial charge in [-0.25, -0.2) is 4.98 Å². The van der Waals surface area contributed by atoms with Crippen molar-refractivity contribution in [3.63, 3.8) is 0 Å². The van der Waals surface area contributed by atoms with Gasteiger partial charge < -0.3 is 19.8 Å². The molecule has 6 heteroatoms. The molecule has 1 aromatic heterocycles. The van der Waals surface area contributed by atoms with E-state index in [1.54, 1.807) is 14.2 Å². The summed E-state index contributed by atoms with van der Waals surface area (Å²) in [5, 5.41) is 3.03. The zero-order chi connectivity index (χ0) is 12.3. The monoisotopic (exact) mass is 239 g/mol. The summed E-state index contributed by atoms with van der Waals surface area (Å²) >= 11 is 0. The SMILES string of the molecule is COC(CNc1cc(=O)[nH]c(C2CC2)n1)OC. The molecule has 0 aliphatic heterocycles. The molecule has 0 radical (unpaired) electrons. The summed E-state index contributed by atoms with van der Waals surface area (Å²) in [6.45, 7) is 0.452. The van der Waals surface area contributed by atoms with Crippen molar-refractivity contribution in [2.24, 2.45) is 0 Å². The Morgan fingerprint density at radius 2 is 2.24 bits per heavy atom. The molecule has 0 bridgehead atoms. The zero-order valence-corrected chi connectivity index (χ0v) is 10.0. The molecule has 1 heterocycles. The van der Waals surface area contributed by atoms with E-state index in [4.69, 9.17) is 9.47 Å². The smallest absolute Gasteiger partial charge is 0.252 e. The Morgan fingerprint density at radius 3 is 2.82 bits per heavy atom. The van der Waals surface area contributed by atoms with Crippen LogP contribution in [0.1, 0.15) is 24.6 Å². The predicted molar refractivity (Wildman–Crippen MR) is 63.1 cm³/mol. The van der Waals surface area contributed by atoms with E-state index in [0.717, 1.165) is 18.7 Å². The van der Waals surface area contributed by atoms with Crippen LogP contribution in [0.4, 0.5) is 5.82 Å². The van der Waals surface area contributed by atoms with E-state index in [1.165, 1.54) is 6.07 Å². The third kappa shape index (κ3) is 3.28. The fraction of sp³-hybridized carbons (Fsp3) is 0.636. The molecule has 2 N–H and O–H groups in total. The van der Waals surface area contributed by atoms with Gasteiger partial charge in [-0.15, -0.1) is 0 Å². The van der Waals surface area contributed by atoms with E-state index in [-0.39, 0.29) is 11.8 Å². The average Bonchev–Trinajstić information content (AvgIpc) is 3.13. The lowest BCUT2D eigenvalue weighted by Crippen LogP contribution is -2.25. The van der Waals surface area contributed by atoms with Crippen molar-refractivity contribution in [3.8, 4) is 0 Å². The molecule has 2 rings (SSSR count). The molecule has 0 saturated heterocycles. The van der Waals surface area contributed by atoms with Crippen LogP contribution in [-0.4, -0.2) is 37.0 Å². The van der Waals surface area contributed by atoms with Crippen LogP contribution in [0.25, 0.3) is 0 Å². The third-order valence-electron chi connectivity index (χ3n) is 2.70. The summed E-state index contributed by atoms with van der Waals surface area (Å²) in [7, 11) is 3.13. The maximum Gasteiger partial charge on any atom is 0.252 e. The molecule has 1 fully saturated rings. The molecule has 0 amide bonds. The Hall–Kier alpha value is -1.40. The number of hydrogen-bond acceptors (Lipinski definition) is 5. The van der Waals surface area contributed by atoms with Crippen LogP contribution in [0.15, 0.2) is 10.9 Å². The van der Waals surface area contributed by atoms with E-state index in [0.29, 0.717) is 18.3 Å². The van der Waals surface area contributed by atoms with Gasteiger partial charge >= 0.3 is 0 Å². The van der Waals surface area contributed by atoms with E-state index in [9.17, 15) is 4.79 Å². The van der Waals surface area contributed by atoms with Gasteiger partial charge in [-0.1, -0.05) is 0 Å². The summed E-state index contributed by atoms with van der Waals surface area (Å²) in [6.07, 6.45) is 1.86. The number of anilines is 1. The van der Waals surface area contributed by atoms with Crippen LogP contribution in [0.2, 0.25) is 0 Å². The van der Waals surface area contributed by atoms with Gasteiger partial charge in [0.2, 0.25) is 0 Å². The summed E-state index contributed by atoms with van der Waals surface area (Å²) < 4.78 is 10.1.